The maximum Gasteiger partial charge on any atom is 0.304 e. The van der Waals surface area contributed by atoms with Gasteiger partial charge in [0, 0.05) is 28.5 Å². The van der Waals surface area contributed by atoms with Crippen LogP contribution in [0.15, 0.2) is 16.2 Å². The predicted octanol–water partition coefficient (Wildman–Crippen LogP) is 2.93. The van der Waals surface area contributed by atoms with Crippen molar-refractivity contribution in [3.05, 3.63) is 41.6 Å². The zero-order valence-corrected chi connectivity index (χ0v) is 11.3. The summed E-state index contributed by atoms with van der Waals surface area (Å²) in [5, 5.41) is 5.33. The van der Waals surface area contributed by atoms with Crippen LogP contribution in [0.3, 0.4) is 0 Å². The minimum absolute atomic E-state index is 0.00693. The highest BCUT2D eigenvalue weighted by Gasteiger charge is 2.24. The molecule has 0 saturated heterocycles. The fraction of sp³-hybridized carbons (Fsp3) is 0.364. The van der Waals surface area contributed by atoms with Gasteiger partial charge in [-0.25, -0.2) is 0 Å². The SMILES string of the molecule is O=c1[nH]c(CNC2CCc3sc(Cl)cc32)cs1. The van der Waals surface area contributed by atoms with Crippen LogP contribution in [-0.4, -0.2) is 4.98 Å². The molecule has 2 aromatic rings. The van der Waals surface area contributed by atoms with E-state index in [0.29, 0.717) is 12.6 Å². The quantitative estimate of drug-likeness (QED) is 0.911. The van der Waals surface area contributed by atoms with Crippen molar-refractivity contribution in [2.24, 2.45) is 0 Å². The molecule has 0 spiro atoms. The third-order valence-corrected chi connectivity index (χ3v) is 5.02. The van der Waals surface area contributed by atoms with Crippen molar-refractivity contribution < 1.29 is 0 Å². The van der Waals surface area contributed by atoms with Crippen LogP contribution < -0.4 is 10.2 Å². The van der Waals surface area contributed by atoms with Gasteiger partial charge < -0.3 is 10.3 Å². The topological polar surface area (TPSA) is 44.9 Å². The number of hydrogen-bond acceptors (Lipinski definition) is 4. The molecule has 0 aliphatic heterocycles. The van der Waals surface area contributed by atoms with Gasteiger partial charge in [0.25, 0.3) is 0 Å². The summed E-state index contributed by atoms with van der Waals surface area (Å²) in [6, 6.07) is 2.43. The summed E-state index contributed by atoms with van der Waals surface area (Å²) >= 11 is 8.89. The van der Waals surface area contributed by atoms with Gasteiger partial charge in [-0.15, -0.1) is 11.3 Å². The monoisotopic (exact) mass is 286 g/mol. The van der Waals surface area contributed by atoms with Crippen LogP contribution in [0.25, 0.3) is 0 Å². The van der Waals surface area contributed by atoms with E-state index in [2.05, 4.69) is 16.4 Å². The molecular formula is C11H11ClN2OS2. The molecule has 3 rings (SSSR count). The summed E-state index contributed by atoms with van der Waals surface area (Å²) in [5.41, 5.74) is 2.28. The van der Waals surface area contributed by atoms with Crippen LogP contribution in [0.1, 0.15) is 28.6 Å². The molecule has 17 heavy (non-hydrogen) atoms. The molecule has 2 heterocycles. The Morgan fingerprint density at radius 3 is 3.24 bits per heavy atom. The second kappa shape index (κ2) is 4.57. The van der Waals surface area contributed by atoms with Crippen LogP contribution in [0.4, 0.5) is 0 Å². The van der Waals surface area contributed by atoms with Crippen molar-refractivity contribution >= 4 is 34.3 Å². The first-order chi connectivity index (χ1) is 8.22. The molecule has 0 bridgehead atoms. The minimum atomic E-state index is 0.00693. The van der Waals surface area contributed by atoms with Crippen LogP contribution >= 0.6 is 34.3 Å². The summed E-state index contributed by atoms with van der Waals surface area (Å²) in [7, 11) is 0. The van der Waals surface area contributed by atoms with E-state index >= 15 is 0 Å². The number of aromatic amines is 1. The first-order valence-electron chi connectivity index (χ1n) is 5.40. The summed E-state index contributed by atoms with van der Waals surface area (Å²) < 4.78 is 0.866. The summed E-state index contributed by atoms with van der Waals surface area (Å²) in [6.07, 6.45) is 2.22. The van der Waals surface area contributed by atoms with Crippen LogP contribution in [-0.2, 0) is 13.0 Å². The second-order valence-corrected chi connectivity index (χ2v) is 6.68. The number of rotatable bonds is 3. The number of thiophene rings is 1. The van der Waals surface area contributed by atoms with Gasteiger partial charge in [0.2, 0.25) is 0 Å². The largest absolute Gasteiger partial charge is 0.315 e. The van der Waals surface area contributed by atoms with Gasteiger partial charge in [0.05, 0.1) is 4.34 Å². The number of hydrogen-bond donors (Lipinski definition) is 2. The fourth-order valence-corrected chi connectivity index (χ4v) is 4.11. The first-order valence-corrected chi connectivity index (χ1v) is 7.48. The molecule has 1 aliphatic rings. The smallest absolute Gasteiger partial charge is 0.304 e. The molecular weight excluding hydrogens is 276 g/mol. The highest BCUT2D eigenvalue weighted by molar-refractivity contribution is 7.16. The lowest BCUT2D eigenvalue weighted by atomic mass is 10.2. The molecule has 0 amide bonds. The molecule has 2 aromatic heterocycles. The number of thiazole rings is 1. The molecule has 1 atom stereocenters. The zero-order valence-electron chi connectivity index (χ0n) is 8.96. The maximum atomic E-state index is 11.0. The van der Waals surface area contributed by atoms with Gasteiger partial charge in [-0.3, -0.25) is 4.79 Å². The van der Waals surface area contributed by atoms with Crippen molar-refractivity contribution in [3.8, 4) is 0 Å². The number of fused-ring (bicyclic) bond motifs is 1. The van der Waals surface area contributed by atoms with Gasteiger partial charge >= 0.3 is 4.87 Å². The van der Waals surface area contributed by atoms with E-state index in [1.807, 2.05) is 5.38 Å². The van der Waals surface area contributed by atoms with Gasteiger partial charge in [0.15, 0.2) is 0 Å². The summed E-state index contributed by atoms with van der Waals surface area (Å²) in [5.74, 6) is 0. The van der Waals surface area contributed by atoms with Crippen molar-refractivity contribution in [2.45, 2.75) is 25.4 Å². The van der Waals surface area contributed by atoms with E-state index in [0.717, 1.165) is 22.9 Å². The van der Waals surface area contributed by atoms with Crippen LogP contribution in [0, 0.1) is 0 Å². The maximum absolute atomic E-state index is 11.0. The third-order valence-electron chi connectivity index (χ3n) is 2.96. The lowest BCUT2D eigenvalue weighted by molar-refractivity contribution is 0.526. The number of aromatic nitrogens is 1. The van der Waals surface area contributed by atoms with Gasteiger partial charge in [-0.2, -0.15) is 0 Å². The lowest BCUT2D eigenvalue weighted by Gasteiger charge is -2.11. The lowest BCUT2D eigenvalue weighted by Crippen LogP contribution is -2.19. The average molecular weight is 287 g/mol. The molecule has 1 unspecified atom stereocenters. The van der Waals surface area contributed by atoms with Gasteiger partial charge in [-0.1, -0.05) is 22.9 Å². The Balaban J connectivity index is 1.69. The Morgan fingerprint density at radius 1 is 1.59 bits per heavy atom. The van der Waals surface area contributed by atoms with Crippen molar-refractivity contribution in [2.75, 3.05) is 0 Å². The Kier molecular flexibility index (Phi) is 3.08. The molecule has 6 heteroatoms. The molecule has 0 aromatic carbocycles. The summed E-state index contributed by atoms with van der Waals surface area (Å²) in [6.45, 7) is 0.705. The first kappa shape index (κ1) is 11.5. The molecule has 3 nitrogen and oxygen atoms in total. The van der Waals surface area contributed by atoms with Crippen molar-refractivity contribution in [3.63, 3.8) is 0 Å². The van der Waals surface area contributed by atoms with E-state index < -0.39 is 0 Å². The normalized spacial score (nSPS) is 18.5. The molecule has 1 aliphatic carbocycles. The fourth-order valence-electron chi connectivity index (χ4n) is 2.18. The molecule has 2 N–H and O–H groups in total. The third kappa shape index (κ3) is 2.33. The van der Waals surface area contributed by atoms with Crippen LogP contribution in [0.2, 0.25) is 4.34 Å². The summed E-state index contributed by atoms with van der Waals surface area (Å²) in [4.78, 5) is 15.2. The molecule has 90 valence electrons. The number of aryl methyl sites for hydroxylation is 1. The molecule has 0 saturated carbocycles. The van der Waals surface area contributed by atoms with Crippen molar-refractivity contribution in [1.82, 2.24) is 10.3 Å². The van der Waals surface area contributed by atoms with Crippen molar-refractivity contribution in [1.29, 1.82) is 0 Å². The Labute approximate surface area is 111 Å². The Bertz CT molecular complexity index is 586. The van der Waals surface area contributed by atoms with Gasteiger partial charge in [-0.05, 0) is 24.5 Å². The Morgan fingerprint density at radius 2 is 2.47 bits per heavy atom. The number of halogens is 1. The highest BCUT2D eigenvalue weighted by Crippen LogP contribution is 2.39. The molecule has 0 radical (unpaired) electrons. The van der Waals surface area contributed by atoms with E-state index in [9.17, 15) is 4.79 Å². The average Bonchev–Trinajstić information content (AvgIpc) is 2.92. The second-order valence-electron chi connectivity index (χ2n) is 4.07. The molecule has 0 fully saturated rings. The standard InChI is InChI=1S/C11H11ClN2OS2/c12-10-3-7-8(1-2-9(7)17-10)13-4-6-5-16-11(15)14-6/h3,5,8,13H,1-2,4H2,(H,14,15). The van der Waals surface area contributed by atoms with Gasteiger partial charge in [0.1, 0.15) is 0 Å². The minimum Gasteiger partial charge on any atom is -0.315 e. The van der Waals surface area contributed by atoms with E-state index in [4.69, 9.17) is 11.6 Å². The van der Waals surface area contributed by atoms with Crippen LogP contribution in [0.5, 0.6) is 0 Å². The predicted molar refractivity (Wildman–Crippen MR) is 72.2 cm³/mol. The van der Waals surface area contributed by atoms with E-state index in [1.54, 1.807) is 11.3 Å². The van der Waals surface area contributed by atoms with E-state index in [-0.39, 0.29) is 4.87 Å². The zero-order chi connectivity index (χ0) is 11.8. The number of H-pyrrole nitrogens is 1. The Hall–Kier alpha value is -0.620. The van der Waals surface area contributed by atoms with E-state index in [1.165, 1.54) is 21.8 Å². The number of nitrogens with one attached hydrogen (secondary N) is 2. The highest BCUT2D eigenvalue weighted by atomic mass is 35.5.